The van der Waals surface area contributed by atoms with Gasteiger partial charge in [0.1, 0.15) is 0 Å². The summed E-state index contributed by atoms with van der Waals surface area (Å²) in [5.74, 6) is 6.74. The van der Waals surface area contributed by atoms with Gasteiger partial charge in [-0.05, 0) is 62.2 Å². The molecule has 0 radical (unpaired) electrons. The number of terminal acetylenes is 2. The number of amides is 4. The molecule has 2 saturated heterocycles. The molecule has 0 unspecified atom stereocenters. The second-order valence-electron chi connectivity index (χ2n) is 9.43. The molecule has 0 aromatic rings. The molecule has 0 aromatic carbocycles. The Hall–Kier alpha value is -2.12. The maximum atomic E-state index is 12.0. The average molecular weight is 487 g/mol. The predicted octanol–water partition coefficient (Wildman–Crippen LogP) is 1.97. The predicted molar refractivity (Wildman–Crippen MR) is 117 cm³/mol. The van der Waals surface area contributed by atoms with Crippen molar-refractivity contribution in [1.82, 2.24) is 10.2 Å². The minimum absolute atomic E-state index is 0.00259. The first kappa shape index (κ1) is 22.1. The summed E-state index contributed by atoms with van der Waals surface area (Å²) in [6.45, 7) is 0.157. The van der Waals surface area contributed by atoms with Gasteiger partial charge in [-0.15, -0.1) is 12.8 Å². The molecule has 0 aromatic heterocycles. The largest absolute Gasteiger partial charge is 0.296 e. The molecule has 6 rings (SSSR count). The van der Waals surface area contributed by atoms with E-state index in [2.05, 4.69) is 33.1 Å². The van der Waals surface area contributed by atoms with Gasteiger partial charge in [-0.2, -0.15) is 0 Å². The van der Waals surface area contributed by atoms with E-state index in [0.717, 1.165) is 38.5 Å². The third-order valence-electron chi connectivity index (χ3n) is 8.11. The van der Waals surface area contributed by atoms with Gasteiger partial charge >= 0.3 is 0 Å². The number of nitrogens with zero attached hydrogens (tertiary/aromatic N) is 1. The fraction of sp³-hybridized carbons (Fsp3) is 0.667. The van der Waals surface area contributed by atoms with Crippen molar-refractivity contribution in [2.75, 3.05) is 11.9 Å². The first-order valence-corrected chi connectivity index (χ1v) is 12.2. The van der Waals surface area contributed by atoms with Crippen LogP contribution in [0, 0.1) is 72.0 Å². The number of imide groups is 2. The van der Waals surface area contributed by atoms with Crippen molar-refractivity contribution in [2.45, 2.75) is 38.5 Å². The summed E-state index contributed by atoms with van der Waals surface area (Å²) < 4.78 is 0. The van der Waals surface area contributed by atoms with Crippen molar-refractivity contribution in [3.8, 4) is 24.7 Å². The SMILES string of the molecule is C#CCBr.C#CCN1C(=O)[C@@H]2[C@@H]3CC[C@@H](C3)[C@@H]2C1=O.O=C1NC(=O)[C@H]2[C@H]3CC[C@H](C3)[C@@H]12. The van der Waals surface area contributed by atoms with E-state index in [1.807, 2.05) is 0 Å². The molecule has 1 N–H and O–H groups in total. The second-order valence-corrected chi connectivity index (χ2v) is 9.99. The van der Waals surface area contributed by atoms with Crippen LogP contribution in [0.3, 0.4) is 0 Å². The highest BCUT2D eigenvalue weighted by Crippen LogP contribution is 2.56. The van der Waals surface area contributed by atoms with Gasteiger partial charge in [0.25, 0.3) is 0 Å². The topological polar surface area (TPSA) is 83.6 Å². The molecule has 2 heterocycles. The number of halogens is 1. The molecule has 6 fully saturated rings. The van der Waals surface area contributed by atoms with Crippen LogP contribution < -0.4 is 5.32 Å². The van der Waals surface area contributed by atoms with Gasteiger partial charge in [0.05, 0.1) is 35.5 Å². The van der Waals surface area contributed by atoms with E-state index in [0.29, 0.717) is 29.0 Å². The van der Waals surface area contributed by atoms with Gasteiger partial charge in [0.2, 0.25) is 23.6 Å². The lowest BCUT2D eigenvalue weighted by atomic mass is 9.81. The van der Waals surface area contributed by atoms with E-state index in [9.17, 15) is 19.2 Å². The number of hydrogen-bond donors (Lipinski definition) is 1. The fourth-order valence-electron chi connectivity index (χ4n) is 7.05. The molecule has 4 bridgehead atoms. The van der Waals surface area contributed by atoms with Crippen LogP contribution in [0.15, 0.2) is 0 Å². The first-order valence-electron chi connectivity index (χ1n) is 11.1. The van der Waals surface area contributed by atoms with Crippen molar-refractivity contribution >= 4 is 39.6 Å². The van der Waals surface area contributed by atoms with Crippen LogP contribution in [0.4, 0.5) is 0 Å². The van der Waals surface area contributed by atoms with Gasteiger partial charge in [-0.3, -0.25) is 29.4 Å². The summed E-state index contributed by atoms with van der Waals surface area (Å²) in [7, 11) is 0. The van der Waals surface area contributed by atoms with Crippen molar-refractivity contribution in [1.29, 1.82) is 0 Å². The lowest BCUT2D eigenvalue weighted by Gasteiger charge is -2.19. The Morgan fingerprint density at radius 3 is 1.52 bits per heavy atom. The zero-order valence-electron chi connectivity index (χ0n) is 17.4. The van der Waals surface area contributed by atoms with E-state index in [1.165, 1.54) is 4.90 Å². The van der Waals surface area contributed by atoms with Gasteiger partial charge in [0.15, 0.2) is 0 Å². The highest BCUT2D eigenvalue weighted by Gasteiger charge is 2.60. The highest BCUT2D eigenvalue weighted by atomic mass is 79.9. The third kappa shape index (κ3) is 3.61. The Morgan fingerprint density at radius 1 is 0.774 bits per heavy atom. The monoisotopic (exact) mass is 486 g/mol. The number of carbonyl (C=O) groups is 4. The van der Waals surface area contributed by atoms with Crippen LogP contribution in [0.2, 0.25) is 0 Å². The van der Waals surface area contributed by atoms with Crippen LogP contribution in [0.25, 0.3) is 0 Å². The normalized spacial score (nSPS) is 40.3. The first-order chi connectivity index (χ1) is 14.9. The Labute approximate surface area is 191 Å². The summed E-state index contributed by atoms with van der Waals surface area (Å²) in [6, 6.07) is 0. The molecule has 6 aliphatic rings. The van der Waals surface area contributed by atoms with Gasteiger partial charge < -0.3 is 0 Å². The number of carbonyl (C=O) groups excluding carboxylic acids is 4. The molecule has 4 saturated carbocycles. The standard InChI is InChI=1S/C12H13NO2.C9H11NO2.C3H3Br/c1-2-5-13-11(14)9-7-3-4-8(6-7)10(9)12(13)15;11-8-6-4-1-2-5(3-4)7(6)9(12)10-8;1-2-3-4/h1,7-10H,3-6H2;4-7H,1-3H2,(H,10,11,12);1H,3H2/t7-,8+,9-,10+;4-,5+,6-,7+;. The van der Waals surface area contributed by atoms with E-state index < -0.39 is 0 Å². The molecular formula is C24H27BrN2O4. The van der Waals surface area contributed by atoms with Crippen molar-refractivity contribution < 1.29 is 19.2 Å². The van der Waals surface area contributed by atoms with Crippen LogP contribution in [-0.2, 0) is 19.2 Å². The maximum absolute atomic E-state index is 12.0. The number of fused-ring (bicyclic) bond motifs is 10. The minimum Gasteiger partial charge on any atom is -0.296 e. The molecule has 6 nitrogen and oxygen atoms in total. The smallest absolute Gasteiger partial charge is 0.234 e. The summed E-state index contributed by atoms with van der Waals surface area (Å²) in [4.78, 5) is 47.9. The molecule has 7 heteroatoms. The third-order valence-corrected chi connectivity index (χ3v) is 8.44. The summed E-state index contributed by atoms with van der Waals surface area (Å²) in [5, 5.41) is 3.10. The second kappa shape index (κ2) is 8.79. The molecule has 4 amide bonds. The van der Waals surface area contributed by atoms with Crippen LogP contribution in [0.5, 0.6) is 0 Å². The molecule has 8 atom stereocenters. The van der Waals surface area contributed by atoms with Crippen molar-refractivity contribution in [2.24, 2.45) is 47.3 Å². The highest BCUT2D eigenvalue weighted by molar-refractivity contribution is 9.09. The van der Waals surface area contributed by atoms with E-state index in [1.54, 1.807) is 0 Å². The van der Waals surface area contributed by atoms with Gasteiger partial charge in [0, 0.05) is 0 Å². The van der Waals surface area contributed by atoms with E-state index in [4.69, 9.17) is 12.8 Å². The molecular weight excluding hydrogens is 460 g/mol. The number of alkyl halides is 1. The number of hydrogen-bond acceptors (Lipinski definition) is 4. The zero-order chi connectivity index (χ0) is 22.3. The molecule has 0 spiro atoms. The summed E-state index contributed by atoms with van der Waals surface area (Å²) >= 11 is 3.01. The lowest BCUT2D eigenvalue weighted by molar-refractivity contribution is -0.140. The average Bonchev–Trinajstić information content (AvgIpc) is 3.59. The van der Waals surface area contributed by atoms with Crippen LogP contribution >= 0.6 is 15.9 Å². The molecule has 4 aliphatic carbocycles. The number of likely N-dealkylation sites (tertiary alicyclic amines) is 1. The molecule has 2 aliphatic heterocycles. The fourth-order valence-corrected chi connectivity index (χ4v) is 7.05. The van der Waals surface area contributed by atoms with Gasteiger partial charge in [-0.25, -0.2) is 0 Å². The van der Waals surface area contributed by atoms with E-state index in [-0.39, 0.29) is 53.8 Å². The Balaban J connectivity index is 0.000000130. The Morgan fingerprint density at radius 2 is 1.16 bits per heavy atom. The van der Waals surface area contributed by atoms with Crippen molar-refractivity contribution in [3.63, 3.8) is 0 Å². The van der Waals surface area contributed by atoms with Gasteiger partial charge in [-0.1, -0.05) is 27.8 Å². The number of rotatable bonds is 1. The summed E-state index contributed by atoms with van der Waals surface area (Å²) in [6.07, 6.45) is 16.7. The maximum Gasteiger partial charge on any atom is 0.234 e. The van der Waals surface area contributed by atoms with E-state index >= 15 is 0 Å². The molecule has 164 valence electrons. The Kier molecular flexibility index (Phi) is 6.26. The Bertz CT molecular complexity index is 833. The minimum atomic E-state index is -0.0235. The van der Waals surface area contributed by atoms with Crippen LogP contribution in [-0.4, -0.2) is 40.4 Å². The molecule has 31 heavy (non-hydrogen) atoms. The summed E-state index contributed by atoms with van der Waals surface area (Å²) in [5.41, 5.74) is 0. The lowest BCUT2D eigenvalue weighted by Crippen LogP contribution is -2.33. The number of nitrogens with one attached hydrogen (secondary N) is 1. The zero-order valence-corrected chi connectivity index (χ0v) is 19.0. The quantitative estimate of drug-likeness (QED) is 0.348. The van der Waals surface area contributed by atoms with Crippen LogP contribution in [0.1, 0.15) is 38.5 Å². The van der Waals surface area contributed by atoms with Crippen molar-refractivity contribution in [3.05, 3.63) is 0 Å².